The minimum absolute atomic E-state index is 0.337. The van der Waals surface area contributed by atoms with Gasteiger partial charge in [0.05, 0.1) is 13.2 Å². The molecular weight excluding hydrogens is 264 g/mol. The SMILES string of the molecule is CCOc1ccccc1C(O)C1OCCc2ccccc21. The summed E-state index contributed by atoms with van der Waals surface area (Å²) >= 11 is 0. The van der Waals surface area contributed by atoms with E-state index in [1.165, 1.54) is 5.56 Å². The molecule has 3 nitrogen and oxygen atoms in total. The Labute approximate surface area is 125 Å². The van der Waals surface area contributed by atoms with Gasteiger partial charge in [-0.3, -0.25) is 0 Å². The quantitative estimate of drug-likeness (QED) is 0.934. The van der Waals surface area contributed by atoms with Gasteiger partial charge in [-0.15, -0.1) is 0 Å². The van der Waals surface area contributed by atoms with Crippen molar-refractivity contribution in [3.8, 4) is 5.75 Å². The molecule has 0 saturated carbocycles. The predicted molar refractivity (Wildman–Crippen MR) is 81.4 cm³/mol. The number of aliphatic hydroxyl groups excluding tert-OH is 1. The monoisotopic (exact) mass is 284 g/mol. The third-order valence-electron chi connectivity index (χ3n) is 3.85. The topological polar surface area (TPSA) is 38.7 Å². The van der Waals surface area contributed by atoms with Crippen LogP contribution in [0.5, 0.6) is 5.75 Å². The Hall–Kier alpha value is -1.84. The fraction of sp³-hybridized carbons (Fsp3) is 0.333. The van der Waals surface area contributed by atoms with E-state index >= 15 is 0 Å². The Morgan fingerprint density at radius 2 is 1.95 bits per heavy atom. The molecule has 2 atom stereocenters. The van der Waals surface area contributed by atoms with Crippen LogP contribution in [0.15, 0.2) is 48.5 Å². The molecule has 3 rings (SSSR count). The van der Waals surface area contributed by atoms with Gasteiger partial charge in [-0.25, -0.2) is 0 Å². The Morgan fingerprint density at radius 3 is 2.81 bits per heavy atom. The van der Waals surface area contributed by atoms with Crippen LogP contribution in [-0.2, 0) is 11.2 Å². The second-order valence-corrected chi connectivity index (χ2v) is 5.16. The van der Waals surface area contributed by atoms with Crippen LogP contribution in [0.25, 0.3) is 0 Å². The van der Waals surface area contributed by atoms with Gasteiger partial charge in [0.15, 0.2) is 0 Å². The van der Waals surface area contributed by atoms with Crippen LogP contribution in [0.2, 0.25) is 0 Å². The van der Waals surface area contributed by atoms with Gasteiger partial charge in [0, 0.05) is 5.56 Å². The normalized spacial score (nSPS) is 18.9. The molecule has 0 saturated heterocycles. The molecule has 0 amide bonds. The molecule has 110 valence electrons. The first-order chi connectivity index (χ1) is 10.3. The fourth-order valence-electron chi connectivity index (χ4n) is 2.86. The van der Waals surface area contributed by atoms with Crippen molar-refractivity contribution < 1.29 is 14.6 Å². The number of para-hydroxylation sites is 1. The molecule has 2 aromatic rings. The molecule has 0 fully saturated rings. The van der Waals surface area contributed by atoms with Gasteiger partial charge in [0.1, 0.15) is 18.0 Å². The maximum Gasteiger partial charge on any atom is 0.125 e. The summed E-state index contributed by atoms with van der Waals surface area (Å²) in [5.74, 6) is 0.721. The molecule has 2 unspecified atom stereocenters. The summed E-state index contributed by atoms with van der Waals surface area (Å²) in [5, 5.41) is 10.8. The van der Waals surface area contributed by atoms with Gasteiger partial charge in [-0.05, 0) is 30.5 Å². The van der Waals surface area contributed by atoms with Gasteiger partial charge < -0.3 is 14.6 Å². The zero-order valence-corrected chi connectivity index (χ0v) is 12.2. The second-order valence-electron chi connectivity index (χ2n) is 5.16. The smallest absolute Gasteiger partial charge is 0.125 e. The van der Waals surface area contributed by atoms with Crippen LogP contribution in [0.3, 0.4) is 0 Å². The van der Waals surface area contributed by atoms with E-state index in [1.807, 2.05) is 49.4 Å². The lowest BCUT2D eigenvalue weighted by molar-refractivity contribution is -0.0491. The first kappa shape index (κ1) is 14.1. The van der Waals surface area contributed by atoms with E-state index in [9.17, 15) is 5.11 Å². The van der Waals surface area contributed by atoms with E-state index < -0.39 is 6.10 Å². The lowest BCUT2D eigenvalue weighted by Crippen LogP contribution is -2.22. The van der Waals surface area contributed by atoms with E-state index in [4.69, 9.17) is 9.47 Å². The Morgan fingerprint density at radius 1 is 1.19 bits per heavy atom. The molecule has 0 radical (unpaired) electrons. The number of fused-ring (bicyclic) bond motifs is 1. The molecule has 1 aliphatic rings. The van der Waals surface area contributed by atoms with Crippen molar-refractivity contribution in [3.63, 3.8) is 0 Å². The molecule has 1 N–H and O–H groups in total. The number of hydrogen-bond donors (Lipinski definition) is 1. The third kappa shape index (κ3) is 2.80. The van der Waals surface area contributed by atoms with Crippen molar-refractivity contribution in [2.75, 3.05) is 13.2 Å². The Bertz CT molecular complexity index is 609. The van der Waals surface area contributed by atoms with Gasteiger partial charge >= 0.3 is 0 Å². The summed E-state index contributed by atoms with van der Waals surface area (Å²) in [6.45, 7) is 3.15. The molecule has 0 aromatic heterocycles. The second kappa shape index (κ2) is 6.29. The summed E-state index contributed by atoms with van der Waals surface area (Å²) in [5.41, 5.74) is 3.10. The number of aliphatic hydroxyl groups is 1. The van der Waals surface area contributed by atoms with Gasteiger partial charge in [0.25, 0.3) is 0 Å². The molecule has 3 heteroatoms. The number of ether oxygens (including phenoxy) is 2. The highest BCUT2D eigenvalue weighted by Crippen LogP contribution is 2.39. The summed E-state index contributed by atoms with van der Waals surface area (Å²) in [6.07, 6.45) is -0.169. The Kier molecular flexibility index (Phi) is 4.23. The summed E-state index contributed by atoms with van der Waals surface area (Å²) < 4.78 is 11.5. The molecular formula is C18H20O3. The lowest BCUT2D eigenvalue weighted by Gasteiger charge is -2.30. The maximum atomic E-state index is 10.8. The number of hydrogen-bond acceptors (Lipinski definition) is 3. The van der Waals surface area contributed by atoms with Crippen LogP contribution in [0.4, 0.5) is 0 Å². The largest absolute Gasteiger partial charge is 0.493 e. The van der Waals surface area contributed by atoms with Crippen molar-refractivity contribution >= 4 is 0 Å². The van der Waals surface area contributed by atoms with Crippen molar-refractivity contribution in [3.05, 3.63) is 65.2 Å². The lowest BCUT2D eigenvalue weighted by atomic mass is 9.91. The van der Waals surface area contributed by atoms with Crippen molar-refractivity contribution in [2.24, 2.45) is 0 Å². The summed E-state index contributed by atoms with van der Waals surface area (Å²) in [4.78, 5) is 0. The summed E-state index contributed by atoms with van der Waals surface area (Å²) in [7, 11) is 0. The fourth-order valence-corrected chi connectivity index (χ4v) is 2.86. The van der Waals surface area contributed by atoms with Crippen LogP contribution >= 0.6 is 0 Å². The van der Waals surface area contributed by atoms with E-state index in [2.05, 4.69) is 6.07 Å². The predicted octanol–water partition coefficient (Wildman–Crippen LogP) is 3.43. The third-order valence-corrected chi connectivity index (χ3v) is 3.85. The first-order valence-corrected chi connectivity index (χ1v) is 7.40. The zero-order chi connectivity index (χ0) is 14.7. The minimum atomic E-state index is -0.728. The highest BCUT2D eigenvalue weighted by molar-refractivity contribution is 5.39. The van der Waals surface area contributed by atoms with Gasteiger partial charge in [-0.1, -0.05) is 42.5 Å². The standard InChI is InChI=1S/C18H20O3/c1-2-20-16-10-6-5-9-15(16)17(19)18-14-8-4-3-7-13(14)11-12-21-18/h3-10,17-19H,2,11-12H2,1H3. The molecule has 2 aromatic carbocycles. The van der Waals surface area contributed by atoms with Crippen molar-refractivity contribution in [1.29, 1.82) is 0 Å². The molecule has 0 aliphatic carbocycles. The molecule has 0 spiro atoms. The molecule has 1 heterocycles. The Balaban J connectivity index is 1.95. The van der Waals surface area contributed by atoms with Crippen molar-refractivity contribution in [2.45, 2.75) is 25.6 Å². The van der Waals surface area contributed by atoms with Crippen LogP contribution in [-0.4, -0.2) is 18.3 Å². The van der Waals surface area contributed by atoms with Crippen LogP contribution < -0.4 is 4.74 Å². The highest BCUT2D eigenvalue weighted by atomic mass is 16.5. The van der Waals surface area contributed by atoms with E-state index in [1.54, 1.807) is 0 Å². The molecule has 21 heavy (non-hydrogen) atoms. The first-order valence-electron chi connectivity index (χ1n) is 7.40. The van der Waals surface area contributed by atoms with E-state index in [0.717, 1.165) is 23.3 Å². The van der Waals surface area contributed by atoms with Gasteiger partial charge in [0.2, 0.25) is 0 Å². The van der Waals surface area contributed by atoms with Gasteiger partial charge in [-0.2, -0.15) is 0 Å². The average molecular weight is 284 g/mol. The average Bonchev–Trinajstić information content (AvgIpc) is 2.54. The minimum Gasteiger partial charge on any atom is -0.493 e. The number of rotatable bonds is 4. The van der Waals surface area contributed by atoms with E-state index in [-0.39, 0.29) is 6.10 Å². The summed E-state index contributed by atoms with van der Waals surface area (Å²) in [6, 6.07) is 15.8. The number of benzene rings is 2. The maximum absolute atomic E-state index is 10.8. The van der Waals surface area contributed by atoms with E-state index in [0.29, 0.717) is 13.2 Å². The molecule has 1 aliphatic heterocycles. The van der Waals surface area contributed by atoms with Crippen molar-refractivity contribution in [1.82, 2.24) is 0 Å². The zero-order valence-electron chi connectivity index (χ0n) is 12.2. The van der Waals surface area contributed by atoms with Crippen LogP contribution in [0.1, 0.15) is 35.8 Å². The van der Waals surface area contributed by atoms with Crippen LogP contribution in [0, 0.1) is 0 Å². The molecule has 0 bridgehead atoms. The highest BCUT2D eigenvalue weighted by Gasteiger charge is 2.30.